The van der Waals surface area contributed by atoms with E-state index in [1.807, 2.05) is 0 Å². The number of carbonyl (C=O) groups excluding carboxylic acids is 4. The number of hydrogen-bond donors (Lipinski definition) is 11. The van der Waals surface area contributed by atoms with E-state index in [9.17, 15) is 97.0 Å². The number of amides is 4. The van der Waals surface area contributed by atoms with Gasteiger partial charge in [0.25, 0.3) is 84.3 Å². The van der Waals surface area contributed by atoms with Gasteiger partial charge in [-0.25, -0.2) is 0 Å². The molecule has 7 aromatic rings. The van der Waals surface area contributed by atoms with Gasteiger partial charge >= 0.3 is 0 Å². The average molecular weight is 1150 g/mol. The molecule has 0 aromatic heterocycles. The number of rotatable bonds is 14. The number of hydrogen-bond acceptors (Lipinski definition) is 17. The molecule has 33 heteroatoms. The van der Waals surface area contributed by atoms with Crippen LogP contribution in [0.4, 0.5) is 28.4 Å². The molecule has 0 saturated carbocycles. The van der Waals surface area contributed by atoms with Crippen molar-refractivity contribution in [3.8, 4) is 0 Å². The summed E-state index contributed by atoms with van der Waals surface area (Å²) in [5.74, 6) is -3.95. The van der Waals surface area contributed by atoms with Crippen LogP contribution in [-0.2, 0) is 60.7 Å². The molecule has 7 aromatic carbocycles. The first kappa shape index (κ1) is 55.0. The minimum absolute atomic E-state index is 0.0707. The highest BCUT2D eigenvalue weighted by molar-refractivity contribution is 7.88. The zero-order valence-electron chi connectivity index (χ0n) is 36.7. The molecule has 27 nitrogen and oxygen atoms in total. The average Bonchev–Trinajstić information content (AvgIpc) is 3.28. The minimum atomic E-state index is -5.46. The Morgan fingerprint density at radius 3 is 1.00 bits per heavy atom. The molecule has 0 saturated heterocycles. The highest BCUT2D eigenvalue weighted by Gasteiger charge is 2.30. The van der Waals surface area contributed by atoms with Crippen molar-refractivity contribution in [2.75, 3.05) is 27.0 Å². The maximum atomic E-state index is 13.6. The molecule has 0 fully saturated rings. The molecule has 0 radical (unpaired) electrons. The molecule has 0 aliphatic carbocycles. The van der Waals surface area contributed by atoms with Gasteiger partial charge in [-0.3, -0.25) is 46.5 Å². The van der Waals surface area contributed by atoms with Crippen molar-refractivity contribution < 1.29 is 97.0 Å². The fourth-order valence-electron chi connectivity index (χ4n) is 7.34. The number of nitrogens with one attached hydrogen (secondary N) is 4. The summed E-state index contributed by atoms with van der Waals surface area (Å²) in [6, 6.07) is 17.6. The van der Waals surface area contributed by atoms with Gasteiger partial charge in [0.1, 0.15) is 19.6 Å². The molecule has 75 heavy (non-hydrogen) atoms. The molecule has 12 N–H and O–H groups in total. The van der Waals surface area contributed by atoms with E-state index in [-0.39, 0.29) is 51.4 Å². The van der Waals surface area contributed by atoms with Crippen molar-refractivity contribution in [2.24, 2.45) is 0 Å². The maximum Gasteiger partial charge on any atom is 0.295 e. The van der Waals surface area contributed by atoms with E-state index in [1.165, 1.54) is 48.5 Å². The minimum Gasteiger partial charge on any atom is -0.399 e. The van der Waals surface area contributed by atoms with Gasteiger partial charge in [0, 0.05) is 60.9 Å². The number of nitrogens with two attached hydrogens (primary N) is 1. The normalized spacial score (nSPS) is 12.5. The summed E-state index contributed by atoms with van der Waals surface area (Å²) in [7, 11) is -32.0. The van der Waals surface area contributed by atoms with Crippen LogP contribution < -0.4 is 27.0 Å². The maximum absolute atomic E-state index is 13.6. The predicted octanol–water partition coefficient (Wildman–Crippen LogP) is 4.06. The lowest BCUT2D eigenvalue weighted by molar-refractivity contribution is 0.101. The predicted molar refractivity (Wildman–Crippen MR) is 262 cm³/mol. The number of nitrogen functional groups attached to an aromatic ring is 1. The third kappa shape index (κ3) is 12.1. The molecular formula is C42H31N5O22S6. The third-order valence-corrected chi connectivity index (χ3v) is 15.7. The van der Waals surface area contributed by atoms with Crippen molar-refractivity contribution in [2.45, 2.75) is 29.4 Å². The van der Waals surface area contributed by atoms with Crippen molar-refractivity contribution >= 4 is 134 Å². The molecule has 0 spiro atoms. The lowest BCUT2D eigenvalue weighted by Crippen LogP contribution is -2.18. The molecule has 0 heterocycles. The summed E-state index contributed by atoms with van der Waals surface area (Å²) >= 11 is 0. The van der Waals surface area contributed by atoms with Gasteiger partial charge in [-0.2, -0.15) is 50.5 Å². The largest absolute Gasteiger partial charge is 0.399 e. The SMILES string of the molecule is Nc1cc(C(=O)Nc2cccc(C(=O)Nc3ccc(S(=O)(=O)O)c4cc(S(=O)(=O)O)cc(S(=O)(=O)O)c34)c2)cc(C(=O)Nc2cccc(C(=O)Nc3ccc(S(=O)(=O)O)c4cc(S(=O)(=O)O)cc(S(=O)(=O)O)c34)c2)c1. The number of fused-ring (bicyclic) bond motifs is 2. The van der Waals surface area contributed by atoms with Crippen molar-refractivity contribution in [3.05, 3.63) is 138 Å². The molecular weight excluding hydrogens is 1120 g/mol. The van der Waals surface area contributed by atoms with E-state index in [4.69, 9.17) is 5.73 Å². The summed E-state index contributed by atoms with van der Waals surface area (Å²) in [6.07, 6.45) is 0. The summed E-state index contributed by atoms with van der Waals surface area (Å²) in [4.78, 5) is 47.0. The number of carbonyl (C=O) groups is 4. The van der Waals surface area contributed by atoms with Crippen molar-refractivity contribution in [1.82, 2.24) is 0 Å². The molecule has 4 amide bonds. The second-order valence-electron chi connectivity index (χ2n) is 15.6. The van der Waals surface area contributed by atoms with Gasteiger partial charge in [0.15, 0.2) is 0 Å². The monoisotopic (exact) mass is 1150 g/mol. The number of benzene rings is 7. The van der Waals surface area contributed by atoms with Crippen LogP contribution in [0.15, 0.2) is 145 Å². The van der Waals surface area contributed by atoms with Gasteiger partial charge in [-0.1, -0.05) is 12.1 Å². The highest BCUT2D eigenvalue weighted by atomic mass is 32.2. The van der Waals surface area contributed by atoms with E-state index in [1.54, 1.807) is 0 Å². The Hall–Kier alpha value is -7.80. The topological polar surface area (TPSA) is 469 Å². The van der Waals surface area contributed by atoms with Crippen LogP contribution in [0.1, 0.15) is 41.4 Å². The first-order valence-electron chi connectivity index (χ1n) is 19.9. The first-order valence-corrected chi connectivity index (χ1v) is 28.6. The highest BCUT2D eigenvalue weighted by Crippen LogP contribution is 2.39. The van der Waals surface area contributed by atoms with Gasteiger partial charge < -0.3 is 27.0 Å². The molecule has 0 unspecified atom stereocenters. The van der Waals surface area contributed by atoms with Crippen LogP contribution in [0.25, 0.3) is 21.5 Å². The molecule has 7 rings (SSSR count). The smallest absolute Gasteiger partial charge is 0.295 e. The summed E-state index contributed by atoms with van der Waals surface area (Å²) in [5.41, 5.74) is 3.70. The third-order valence-electron chi connectivity index (χ3n) is 10.5. The second-order valence-corrected chi connectivity index (χ2v) is 24.0. The Labute approximate surface area is 422 Å². The Morgan fingerprint density at radius 2 is 0.680 bits per heavy atom. The molecule has 0 atom stereocenters. The van der Waals surface area contributed by atoms with Crippen LogP contribution >= 0.6 is 0 Å². The van der Waals surface area contributed by atoms with E-state index >= 15 is 0 Å². The van der Waals surface area contributed by atoms with E-state index in [0.29, 0.717) is 24.3 Å². The Morgan fingerprint density at radius 1 is 0.347 bits per heavy atom. The fraction of sp³-hybridized carbons (Fsp3) is 0. The van der Waals surface area contributed by atoms with Crippen LogP contribution in [0.5, 0.6) is 0 Å². The molecule has 0 aliphatic heterocycles. The van der Waals surface area contributed by atoms with Crippen molar-refractivity contribution in [1.29, 1.82) is 0 Å². The lowest BCUT2D eigenvalue weighted by Gasteiger charge is -2.15. The zero-order chi connectivity index (χ0) is 55.5. The Bertz CT molecular complexity index is 4120. The zero-order valence-corrected chi connectivity index (χ0v) is 41.6. The molecule has 392 valence electrons. The quantitative estimate of drug-likeness (QED) is 0.0540. The first-order chi connectivity index (χ1) is 34.5. The summed E-state index contributed by atoms with van der Waals surface area (Å²) < 4.78 is 205. The summed E-state index contributed by atoms with van der Waals surface area (Å²) in [6.45, 7) is 0. The number of anilines is 5. The van der Waals surface area contributed by atoms with Gasteiger partial charge in [-0.05, 0) is 103 Å². The Balaban J connectivity index is 1.12. The van der Waals surface area contributed by atoms with Gasteiger partial charge in [-0.15, -0.1) is 0 Å². The van der Waals surface area contributed by atoms with E-state index in [0.717, 1.165) is 30.3 Å². The van der Waals surface area contributed by atoms with Crippen molar-refractivity contribution in [3.63, 3.8) is 0 Å². The van der Waals surface area contributed by atoms with Crippen LogP contribution in [-0.4, -0.2) is 101 Å². The fourth-order valence-corrected chi connectivity index (χ4v) is 11.4. The summed E-state index contributed by atoms with van der Waals surface area (Å²) in [5, 5.41) is 6.17. The van der Waals surface area contributed by atoms with Gasteiger partial charge in [0.05, 0.1) is 21.2 Å². The van der Waals surface area contributed by atoms with Crippen LogP contribution in [0.2, 0.25) is 0 Å². The van der Waals surface area contributed by atoms with Crippen LogP contribution in [0.3, 0.4) is 0 Å². The van der Waals surface area contributed by atoms with E-state index in [2.05, 4.69) is 21.3 Å². The molecule has 0 aliphatic rings. The second kappa shape index (κ2) is 19.5. The van der Waals surface area contributed by atoms with Crippen LogP contribution in [0, 0.1) is 0 Å². The van der Waals surface area contributed by atoms with E-state index < -0.39 is 147 Å². The Kier molecular flexibility index (Phi) is 14.3. The molecule has 0 bridgehead atoms. The lowest BCUT2D eigenvalue weighted by atomic mass is 10.1. The standard InChI is InChI=1S/C42H31N5O22S6/c43-24-12-22(41(50)44-25-5-1-3-20(14-25)39(48)46-31-7-9-33(72(58,59)60)29-16-27(70(52,53)54)18-35(37(29)31)74(64,65)66)11-23(13-24)42(51)45-26-6-2-4-21(15-26)40(49)47-32-8-10-34(73(61,62)63)30-17-28(71(55,56)57)19-36(38(30)32)75(67,68)69/h1-19H,43H2,(H,44,50)(H,45,51)(H,46,48)(H,47,49)(H,52,53,54)(H,55,56,57)(H,58,59,60)(H,61,62,63)(H,64,65,66)(H,67,68,69). The van der Waals surface area contributed by atoms with Gasteiger partial charge in [0.2, 0.25) is 0 Å².